The highest BCUT2D eigenvalue weighted by molar-refractivity contribution is 7.89. The van der Waals surface area contributed by atoms with Gasteiger partial charge in [0.05, 0.1) is 11.5 Å². The van der Waals surface area contributed by atoms with Crippen LogP contribution in [0.2, 0.25) is 0 Å². The molecular weight excluding hydrogens is 452 g/mol. The standard InChI is InChI=1S/C21H22F4N2O4S/c22-17-7-9-18(10-8-17)32(29,30)27-11-1-2-19(27)20(28)26-12-15-3-5-16(6-4-15)13-31-14-21(23,24)25/h3-10,19H,1-2,11-14H2,(H,26,28). The SMILES string of the molecule is O=C(NCc1ccc(COCC(F)(F)F)cc1)C1CCCN1S(=O)(=O)c1ccc(F)cc1. The number of ether oxygens (including phenoxy) is 1. The van der Waals surface area contributed by atoms with Crippen molar-refractivity contribution in [1.82, 2.24) is 9.62 Å². The van der Waals surface area contributed by atoms with E-state index in [-0.39, 0.29) is 24.6 Å². The largest absolute Gasteiger partial charge is 0.411 e. The highest BCUT2D eigenvalue weighted by Crippen LogP contribution is 2.26. The summed E-state index contributed by atoms with van der Waals surface area (Å²) in [6.45, 7) is -1.21. The van der Waals surface area contributed by atoms with Gasteiger partial charge < -0.3 is 10.1 Å². The molecule has 11 heteroatoms. The lowest BCUT2D eigenvalue weighted by Gasteiger charge is -2.23. The third-order valence-electron chi connectivity index (χ3n) is 4.95. The second-order valence-electron chi connectivity index (χ2n) is 7.37. The minimum absolute atomic E-state index is 0.0815. The van der Waals surface area contributed by atoms with Crippen LogP contribution >= 0.6 is 0 Å². The van der Waals surface area contributed by atoms with Crippen molar-refractivity contribution in [3.05, 3.63) is 65.5 Å². The Balaban J connectivity index is 1.56. The Bertz CT molecular complexity index is 1030. The van der Waals surface area contributed by atoms with Gasteiger partial charge in [0, 0.05) is 13.1 Å². The Morgan fingerprint density at radius 1 is 1.06 bits per heavy atom. The summed E-state index contributed by atoms with van der Waals surface area (Å²) in [6.07, 6.45) is -3.50. The van der Waals surface area contributed by atoms with Gasteiger partial charge in [-0.3, -0.25) is 4.79 Å². The fourth-order valence-electron chi connectivity index (χ4n) is 3.38. The molecule has 0 saturated carbocycles. The Hall–Kier alpha value is -2.50. The number of halogens is 4. The van der Waals surface area contributed by atoms with Crippen molar-refractivity contribution in [3.8, 4) is 0 Å². The zero-order valence-electron chi connectivity index (χ0n) is 16.9. The van der Waals surface area contributed by atoms with Crippen LogP contribution in [0.5, 0.6) is 0 Å². The van der Waals surface area contributed by atoms with E-state index >= 15 is 0 Å². The van der Waals surface area contributed by atoms with E-state index in [0.29, 0.717) is 24.0 Å². The number of hydrogen-bond acceptors (Lipinski definition) is 4. The molecule has 1 unspecified atom stereocenters. The molecule has 0 spiro atoms. The molecule has 6 nitrogen and oxygen atoms in total. The number of carbonyl (C=O) groups is 1. The van der Waals surface area contributed by atoms with Crippen molar-refractivity contribution in [2.45, 2.75) is 43.1 Å². The number of hydrogen-bond donors (Lipinski definition) is 1. The minimum Gasteiger partial charge on any atom is -0.367 e. The van der Waals surface area contributed by atoms with Crippen LogP contribution in [0.25, 0.3) is 0 Å². The number of amides is 1. The summed E-state index contributed by atoms with van der Waals surface area (Å²) in [7, 11) is -3.95. The third kappa shape index (κ3) is 6.27. The molecule has 174 valence electrons. The van der Waals surface area contributed by atoms with Gasteiger partial charge in [-0.1, -0.05) is 24.3 Å². The molecule has 1 aliphatic heterocycles. The fourth-order valence-corrected chi connectivity index (χ4v) is 5.03. The van der Waals surface area contributed by atoms with E-state index in [9.17, 15) is 30.8 Å². The van der Waals surface area contributed by atoms with Gasteiger partial charge in [0.15, 0.2) is 0 Å². The van der Waals surface area contributed by atoms with E-state index in [1.807, 2.05) is 0 Å². The maximum atomic E-state index is 13.1. The first kappa shape index (κ1) is 24.1. The van der Waals surface area contributed by atoms with Crippen LogP contribution in [0, 0.1) is 5.82 Å². The number of nitrogens with one attached hydrogen (secondary N) is 1. The Kier molecular flexibility index (Phi) is 7.52. The summed E-state index contributed by atoms with van der Waals surface area (Å²) in [5.41, 5.74) is 1.25. The van der Waals surface area contributed by atoms with Gasteiger partial charge in [-0.25, -0.2) is 12.8 Å². The molecule has 3 rings (SSSR count). The normalized spacial score (nSPS) is 17.4. The van der Waals surface area contributed by atoms with E-state index in [0.717, 1.165) is 28.6 Å². The van der Waals surface area contributed by atoms with Crippen molar-refractivity contribution in [2.75, 3.05) is 13.2 Å². The van der Waals surface area contributed by atoms with E-state index in [1.54, 1.807) is 24.3 Å². The van der Waals surface area contributed by atoms with Gasteiger partial charge in [0.2, 0.25) is 15.9 Å². The second-order valence-corrected chi connectivity index (χ2v) is 9.26. The molecule has 0 aromatic heterocycles. The summed E-state index contributed by atoms with van der Waals surface area (Å²) in [5.74, 6) is -1.01. The van der Waals surface area contributed by atoms with Gasteiger partial charge in [-0.05, 0) is 48.2 Å². The highest BCUT2D eigenvalue weighted by atomic mass is 32.2. The third-order valence-corrected chi connectivity index (χ3v) is 6.87. The van der Waals surface area contributed by atoms with Gasteiger partial charge in [-0.2, -0.15) is 17.5 Å². The topological polar surface area (TPSA) is 75.7 Å². The molecule has 0 radical (unpaired) electrons. The number of nitrogens with zero attached hydrogens (tertiary/aromatic N) is 1. The molecule has 0 aliphatic carbocycles. The molecule has 0 bridgehead atoms. The quantitative estimate of drug-likeness (QED) is 0.596. The van der Waals surface area contributed by atoms with Crippen LogP contribution in [0.4, 0.5) is 17.6 Å². The van der Waals surface area contributed by atoms with Crippen LogP contribution in [-0.2, 0) is 32.7 Å². The smallest absolute Gasteiger partial charge is 0.367 e. The molecular formula is C21H22F4N2O4S. The lowest BCUT2D eigenvalue weighted by molar-refractivity contribution is -0.176. The zero-order valence-corrected chi connectivity index (χ0v) is 17.8. The average Bonchev–Trinajstić information content (AvgIpc) is 3.23. The minimum atomic E-state index is -4.39. The van der Waals surface area contributed by atoms with E-state index in [2.05, 4.69) is 10.1 Å². The Morgan fingerprint density at radius 2 is 1.69 bits per heavy atom. The highest BCUT2D eigenvalue weighted by Gasteiger charge is 2.39. The van der Waals surface area contributed by atoms with Crippen molar-refractivity contribution >= 4 is 15.9 Å². The van der Waals surface area contributed by atoms with Gasteiger partial charge in [0.1, 0.15) is 18.5 Å². The number of alkyl halides is 3. The summed E-state index contributed by atoms with van der Waals surface area (Å²) >= 11 is 0. The van der Waals surface area contributed by atoms with Gasteiger partial charge >= 0.3 is 6.18 Å². The van der Waals surface area contributed by atoms with E-state index in [4.69, 9.17) is 0 Å². The van der Waals surface area contributed by atoms with Crippen molar-refractivity contribution in [1.29, 1.82) is 0 Å². The molecule has 1 N–H and O–H groups in total. The summed E-state index contributed by atoms with van der Waals surface area (Å²) in [6, 6.07) is 10.0. The lowest BCUT2D eigenvalue weighted by atomic mass is 10.1. The summed E-state index contributed by atoms with van der Waals surface area (Å²) in [4.78, 5) is 12.6. The number of benzene rings is 2. The average molecular weight is 474 g/mol. The zero-order chi connectivity index (χ0) is 23.4. The molecule has 1 fully saturated rings. The Morgan fingerprint density at radius 3 is 2.31 bits per heavy atom. The van der Waals surface area contributed by atoms with Crippen LogP contribution in [0.15, 0.2) is 53.4 Å². The maximum Gasteiger partial charge on any atom is 0.411 e. The molecule has 2 aromatic carbocycles. The predicted octanol–water partition coefficient (Wildman–Crippen LogP) is 3.37. The van der Waals surface area contributed by atoms with Crippen molar-refractivity contribution in [2.24, 2.45) is 0 Å². The number of rotatable bonds is 8. The fraction of sp³-hybridized carbons (Fsp3) is 0.381. The molecule has 1 heterocycles. The van der Waals surface area contributed by atoms with Crippen molar-refractivity contribution < 1.29 is 35.5 Å². The summed E-state index contributed by atoms with van der Waals surface area (Å²) < 4.78 is 80.9. The molecule has 2 aromatic rings. The predicted molar refractivity (Wildman–Crippen MR) is 107 cm³/mol. The number of carbonyl (C=O) groups excluding carboxylic acids is 1. The van der Waals surface area contributed by atoms with E-state index < -0.39 is 40.6 Å². The molecule has 32 heavy (non-hydrogen) atoms. The van der Waals surface area contributed by atoms with Gasteiger partial charge in [-0.15, -0.1) is 0 Å². The first-order valence-electron chi connectivity index (χ1n) is 9.84. The van der Waals surface area contributed by atoms with Crippen LogP contribution in [0.3, 0.4) is 0 Å². The van der Waals surface area contributed by atoms with E-state index in [1.165, 1.54) is 0 Å². The molecule has 1 saturated heterocycles. The first-order valence-corrected chi connectivity index (χ1v) is 11.3. The van der Waals surface area contributed by atoms with Crippen LogP contribution in [-0.4, -0.2) is 44.0 Å². The van der Waals surface area contributed by atoms with Gasteiger partial charge in [0.25, 0.3) is 0 Å². The molecule has 1 amide bonds. The Labute approximate surface area is 183 Å². The lowest BCUT2D eigenvalue weighted by Crippen LogP contribution is -2.45. The summed E-state index contributed by atoms with van der Waals surface area (Å²) in [5, 5.41) is 2.70. The molecule has 1 atom stereocenters. The van der Waals surface area contributed by atoms with Crippen LogP contribution in [0.1, 0.15) is 24.0 Å². The van der Waals surface area contributed by atoms with Crippen LogP contribution < -0.4 is 5.32 Å². The molecule has 1 aliphatic rings. The first-order chi connectivity index (χ1) is 15.1. The van der Waals surface area contributed by atoms with Crippen molar-refractivity contribution in [3.63, 3.8) is 0 Å². The second kappa shape index (κ2) is 9.97. The maximum absolute atomic E-state index is 13.1. The number of sulfonamides is 1. The monoisotopic (exact) mass is 474 g/mol.